The lowest BCUT2D eigenvalue weighted by molar-refractivity contribution is 1.28. The fraction of sp³-hybridized carbons (Fsp3) is 0. The standard InChI is InChI=1S/C9H7N2/c1-7-5-8-3-2-4-10-9(8)11-6-7/h2-6H,1H2. The van der Waals surface area contributed by atoms with Gasteiger partial charge in [-0.2, -0.15) is 0 Å². The Morgan fingerprint density at radius 3 is 3.09 bits per heavy atom. The van der Waals surface area contributed by atoms with Crippen molar-refractivity contribution >= 4 is 11.0 Å². The highest BCUT2D eigenvalue weighted by atomic mass is 14.8. The predicted molar refractivity (Wildman–Crippen MR) is 44.0 cm³/mol. The maximum absolute atomic E-state index is 4.11. The molecule has 0 N–H and O–H groups in total. The van der Waals surface area contributed by atoms with Crippen LogP contribution in [0.2, 0.25) is 0 Å². The molecule has 11 heavy (non-hydrogen) atoms. The fourth-order valence-corrected chi connectivity index (χ4v) is 1.01. The first-order chi connectivity index (χ1) is 5.36. The molecule has 2 nitrogen and oxygen atoms in total. The van der Waals surface area contributed by atoms with Gasteiger partial charge in [-0.05, 0) is 30.7 Å². The summed E-state index contributed by atoms with van der Waals surface area (Å²) in [6.07, 6.45) is 3.45. The van der Waals surface area contributed by atoms with Gasteiger partial charge in [-0.3, -0.25) is 0 Å². The Bertz CT molecular complexity index is 382. The van der Waals surface area contributed by atoms with Gasteiger partial charge in [0.25, 0.3) is 0 Å². The average Bonchev–Trinajstić information content (AvgIpc) is 2.04. The number of aromatic nitrogens is 2. The Kier molecular flexibility index (Phi) is 1.32. The molecule has 0 unspecified atom stereocenters. The third-order valence-corrected chi connectivity index (χ3v) is 1.51. The van der Waals surface area contributed by atoms with Crippen LogP contribution in [0.15, 0.2) is 30.6 Å². The lowest BCUT2D eigenvalue weighted by Crippen LogP contribution is -1.82. The molecule has 2 heterocycles. The molecule has 0 amide bonds. The molecule has 0 fully saturated rings. The molecule has 0 bridgehead atoms. The van der Waals surface area contributed by atoms with Gasteiger partial charge in [-0.15, -0.1) is 0 Å². The van der Waals surface area contributed by atoms with Crippen LogP contribution in [0.1, 0.15) is 5.56 Å². The van der Waals surface area contributed by atoms with E-state index in [1.54, 1.807) is 12.4 Å². The van der Waals surface area contributed by atoms with E-state index in [2.05, 4.69) is 16.9 Å². The Balaban J connectivity index is 2.83. The molecule has 0 aliphatic heterocycles. The van der Waals surface area contributed by atoms with Crippen LogP contribution in [-0.4, -0.2) is 9.97 Å². The van der Waals surface area contributed by atoms with E-state index in [4.69, 9.17) is 0 Å². The maximum atomic E-state index is 4.11. The molecule has 1 radical (unpaired) electrons. The molecule has 0 spiro atoms. The Morgan fingerprint density at radius 2 is 2.18 bits per heavy atom. The van der Waals surface area contributed by atoms with Gasteiger partial charge in [-0.25, -0.2) is 9.97 Å². The third kappa shape index (κ3) is 1.07. The summed E-state index contributed by atoms with van der Waals surface area (Å²) in [6, 6.07) is 5.84. The molecule has 0 aliphatic carbocycles. The summed E-state index contributed by atoms with van der Waals surface area (Å²) >= 11 is 0. The van der Waals surface area contributed by atoms with E-state index in [-0.39, 0.29) is 0 Å². The molecule has 2 aromatic rings. The second kappa shape index (κ2) is 2.31. The van der Waals surface area contributed by atoms with Gasteiger partial charge < -0.3 is 0 Å². The lowest BCUT2D eigenvalue weighted by Gasteiger charge is -1.94. The monoisotopic (exact) mass is 143 g/mol. The molecular weight excluding hydrogens is 136 g/mol. The second-order valence-corrected chi connectivity index (χ2v) is 2.39. The highest BCUT2D eigenvalue weighted by Gasteiger charge is 1.92. The molecule has 0 saturated heterocycles. The molecule has 0 aliphatic rings. The third-order valence-electron chi connectivity index (χ3n) is 1.51. The second-order valence-electron chi connectivity index (χ2n) is 2.39. The van der Waals surface area contributed by atoms with Crippen molar-refractivity contribution in [2.75, 3.05) is 0 Å². The largest absolute Gasteiger partial charge is 0.237 e. The number of hydrogen-bond donors (Lipinski definition) is 0. The van der Waals surface area contributed by atoms with E-state index in [1.165, 1.54) is 0 Å². The van der Waals surface area contributed by atoms with Crippen LogP contribution in [0.25, 0.3) is 11.0 Å². The molecule has 2 heteroatoms. The Labute approximate surface area is 64.9 Å². The van der Waals surface area contributed by atoms with Crippen molar-refractivity contribution in [2.45, 2.75) is 0 Å². The van der Waals surface area contributed by atoms with Crippen LogP contribution in [0.3, 0.4) is 0 Å². The Hall–Kier alpha value is -1.44. The minimum absolute atomic E-state index is 0.778. The van der Waals surface area contributed by atoms with E-state index in [0.717, 1.165) is 16.6 Å². The van der Waals surface area contributed by atoms with E-state index in [9.17, 15) is 0 Å². The SMILES string of the molecule is [CH2]c1cnc2ncccc2c1. The molecule has 2 aromatic heterocycles. The molecule has 0 saturated carbocycles. The molecule has 0 aromatic carbocycles. The van der Waals surface area contributed by atoms with Crippen LogP contribution in [0, 0.1) is 6.92 Å². The molecule has 53 valence electrons. The van der Waals surface area contributed by atoms with Crippen LogP contribution in [0.4, 0.5) is 0 Å². The van der Waals surface area contributed by atoms with Crippen LogP contribution < -0.4 is 0 Å². The zero-order valence-corrected chi connectivity index (χ0v) is 5.99. The number of rotatable bonds is 0. The van der Waals surface area contributed by atoms with Crippen LogP contribution >= 0.6 is 0 Å². The van der Waals surface area contributed by atoms with Crippen LogP contribution in [0.5, 0.6) is 0 Å². The van der Waals surface area contributed by atoms with E-state index in [0.29, 0.717) is 0 Å². The summed E-state index contributed by atoms with van der Waals surface area (Å²) in [7, 11) is 0. The van der Waals surface area contributed by atoms with Crippen molar-refractivity contribution < 1.29 is 0 Å². The minimum Gasteiger partial charge on any atom is -0.237 e. The maximum Gasteiger partial charge on any atom is 0.159 e. The van der Waals surface area contributed by atoms with Crippen molar-refractivity contribution in [3.8, 4) is 0 Å². The van der Waals surface area contributed by atoms with E-state index >= 15 is 0 Å². The number of fused-ring (bicyclic) bond motifs is 1. The van der Waals surface area contributed by atoms with E-state index < -0.39 is 0 Å². The van der Waals surface area contributed by atoms with Crippen molar-refractivity contribution in [1.29, 1.82) is 0 Å². The van der Waals surface area contributed by atoms with Crippen molar-refractivity contribution in [1.82, 2.24) is 9.97 Å². The molecule has 2 rings (SSSR count). The first kappa shape index (κ1) is 6.28. The van der Waals surface area contributed by atoms with Gasteiger partial charge in [0.15, 0.2) is 5.65 Å². The normalized spacial score (nSPS) is 10.3. The van der Waals surface area contributed by atoms with Gasteiger partial charge >= 0.3 is 0 Å². The highest BCUT2D eigenvalue weighted by Crippen LogP contribution is 2.08. The quantitative estimate of drug-likeness (QED) is 0.562. The first-order valence-corrected chi connectivity index (χ1v) is 3.39. The topological polar surface area (TPSA) is 25.8 Å². The van der Waals surface area contributed by atoms with Crippen molar-refractivity contribution in [3.63, 3.8) is 0 Å². The molecule has 0 atom stereocenters. The number of nitrogens with zero attached hydrogens (tertiary/aromatic N) is 2. The first-order valence-electron chi connectivity index (χ1n) is 3.39. The van der Waals surface area contributed by atoms with Gasteiger partial charge in [-0.1, -0.05) is 0 Å². The summed E-state index contributed by atoms with van der Waals surface area (Å²) in [5.41, 5.74) is 1.70. The summed E-state index contributed by atoms with van der Waals surface area (Å²) < 4.78 is 0. The lowest BCUT2D eigenvalue weighted by atomic mass is 10.2. The molecular formula is C9H7N2. The van der Waals surface area contributed by atoms with Crippen molar-refractivity contribution in [3.05, 3.63) is 43.1 Å². The highest BCUT2D eigenvalue weighted by molar-refractivity contribution is 5.74. The predicted octanol–water partition coefficient (Wildman–Crippen LogP) is 1.81. The minimum atomic E-state index is 0.778. The summed E-state index contributed by atoms with van der Waals surface area (Å²) in [5.74, 6) is 0. The van der Waals surface area contributed by atoms with Gasteiger partial charge in [0, 0.05) is 17.8 Å². The average molecular weight is 143 g/mol. The Morgan fingerprint density at radius 1 is 1.27 bits per heavy atom. The summed E-state index contributed by atoms with van der Waals surface area (Å²) in [6.45, 7) is 3.78. The number of pyridine rings is 2. The summed E-state index contributed by atoms with van der Waals surface area (Å²) in [5, 5.41) is 1.04. The smallest absolute Gasteiger partial charge is 0.159 e. The van der Waals surface area contributed by atoms with Gasteiger partial charge in [0.05, 0.1) is 0 Å². The fourth-order valence-electron chi connectivity index (χ4n) is 1.01. The van der Waals surface area contributed by atoms with Crippen LogP contribution in [-0.2, 0) is 0 Å². The van der Waals surface area contributed by atoms with Gasteiger partial charge in [0.1, 0.15) is 0 Å². The van der Waals surface area contributed by atoms with Gasteiger partial charge in [0.2, 0.25) is 0 Å². The number of hydrogen-bond acceptors (Lipinski definition) is 2. The summed E-state index contributed by atoms with van der Waals surface area (Å²) in [4.78, 5) is 8.19. The zero-order valence-electron chi connectivity index (χ0n) is 5.99. The van der Waals surface area contributed by atoms with Crippen molar-refractivity contribution in [2.24, 2.45) is 0 Å². The zero-order chi connectivity index (χ0) is 7.68. The van der Waals surface area contributed by atoms with E-state index in [1.807, 2.05) is 18.2 Å².